The van der Waals surface area contributed by atoms with Crippen molar-refractivity contribution >= 4 is 17.5 Å². The fourth-order valence-electron chi connectivity index (χ4n) is 1.99. The minimum Gasteiger partial charge on any atom is -0.497 e. The molecule has 0 amide bonds. The smallest absolute Gasteiger partial charge is 0.196 e. The third-order valence-electron chi connectivity index (χ3n) is 3.18. The van der Waals surface area contributed by atoms with Gasteiger partial charge in [0.15, 0.2) is 10.9 Å². The van der Waals surface area contributed by atoms with Crippen molar-refractivity contribution in [1.82, 2.24) is 19.7 Å². The summed E-state index contributed by atoms with van der Waals surface area (Å²) in [5.41, 5.74) is 1.50. The molecule has 0 aliphatic heterocycles. The number of ether oxygens (including phenoxy) is 1. The summed E-state index contributed by atoms with van der Waals surface area (Å²) in [6.07, 6.45) is 5.03. The summed E-state index contributed by atoms with van der Waals surface area (Å²) in [7, 11) is 1.60. The average molecular weight is 326 g/mol. The molecule has 0 unspecified atom stereocenters. The van der Waals surface area contributed by atoms with E-state index in [1.165, 1.54) is 11.8 Å². The van der Waals surface area contributed by atoms with E-state index in [2.05, 4.69) is 15.2 Å². The molecule has 0 saturated carbocycles. The van der Waals surface area contributed by atoms with E-state index in [0.717, 1.165) is 11.4 Å². The first-order chi connectivity index (χ1) is 11.3. The largest absolute Gasteiger partial charge is 0.497 e. The molecule has 0 aliphatic carbocycles. The van der Waals surface area contributed by atoms with Crippen molar-refractivity contribution < 1.29 is 9.53 Å². The lowest BCUT2D eigenvalue weighted by atomic mass is 10.1. The van der Waals surface area contributed by atoms with Crippen molar-refractivity contribution in [1.29, 1.82) is 0 Å². The molecule has 116 valence electrons. The van der Waals surface area contributed by atoms with Crippen LogP contribution < -0.4 is 4.74 Å². The van der Waals surface area contributed by atoms with Crippen LogP contribution >= 0.6 is 11.8 Å². The van der Waals surface area contributed by atoms with Crippen molar-refractivity contribution in [3.8, 4) is 11.4 Å². The minimum absolute atomic E-state index is 0.0263. The monoisotopic (exact) mass is 326 g/mol. The SMILES string of the molecule is COc1ccc(C(=O)CSc2nncn2-c2cccnc2)cc1. The Hall–Kier alpha value is -2.67. The highest BCUT2D eigenvalue weighted by Gasteiger charge is 2.11. The van der Waals surface area contributed by atoms with Gasteiger partial charge in [0.05, 0.1) is 24.7 Å². The minimum atomic E-state index is 0.0263. The summed E-state index contributed by atoms with van der Waals surface area (Å²) in [4.78, 5) is 16.3. The number of benzene rings is 1. The van der Waals surface area contributed by atoms with Crippen LogP contribution in [0.25, 0.3) is 5.69 Å². The first-order valence-electron chi connectivity index (χ1n) is 6.88. The van der Waals surface area contributed by atoms with Crippen LogP contribution in [0, 0.1) is 0 Å². The zero-order chi connectivity index (χ0) is 16.1. The van der Waals surface area contributed by atoms with Gasteiger partial charge in [0.25, 0.3) is 0 Å². The van der Waals surface area contributed by atoms with Crippen LogP contribution in [0.2, 0.25) is 0 Å². The van der Waals surface area contributed by atoms with Gasteiger partial charge in [0.2, 0.25) is 0 Å². The molecular formula is C16H14N4O2S. The van der Waals surface area contributed by atoms with E-state index in [9.17, 15) is 4.79 Å². The number of ketones is 1. The number of carbonyl (C=O) groups excluding carboxylic acids is 1. The Morgan fingerprint density at radius 3 is 2.78 bits per heavy atom. The highest BCUT2D eigenvalue weighted by molar-refractivity contribution is 7.99. The van der Waals surface area contributed by atoms with Crippen LogP contribution in [0.15, 0.2) is 60.3 Å². The molecule has 7 heteroatoms. The molecular weight excluding hydrogens is 312 g/mol. The molecule has 2 heterocycles. The van der Waals surface area contributed by atoms with Gasteiger partial charge in [-0.1, -0.05) is 11.8 Å². The van der Waals surface area contributed by atoms with Crippen molar-refractivity contribution in [3.05, 3.63) is 60.7 Å². The molecule has 0 spiro atoms. The Morgan fingerprint density at radius 2 is 2.09 bits per heavy atom. The second kappa shape index (κ2) is 7.06. The third kappa shape index (κ3) is 3.57. The molecule has 0 radical (unpaired) electrons. The standard InChI is InChI=1S/C16H14N4O2S/c1-22-14-6-4-12(5-7-14)15(21)10-23-16-19-18-11-20(16)13-3-2-8-17-9-13/h2-9,11H,10H2,1H3. The molecule has 1 aromatic carbocycles. The number of rotatable bonds is 6. The lowest BCUT2D eigenvalue weighted by Crippen LogP contribution is -2.04. The lowest BCUT2D eigenvalue weighted by molar-refractivity contribution is 0.102. The summed E-state index contributed by atoms with van der Waals surface area (Å²) in [5.74, 6) is 1.04. The van der Waals surface area contributed by atoms with Crippen LogP contribution in [-0.4, -0.2) is 38.4 Å². The number of Topliss-reactive ketones (excluding diaryl/α,β-unsaturated/α-hetero) is 1. The maximum Gasteiger partial charge on any atom is 0.196 e. The van der Waals surface area contributed by atoms with E-state index >= 15 is 0 Å². The normalized spacial score (nSPS) is 10.5. The summed E-state index contributed by atoms with van der Waals surface area (Å²) in [6, 6.07) is 10.8. The van der Waals surface area contributed by atoms with Gasteiger partial charge in [-0.2, -0.15) is 0 Å². The topological polar surface area (TPSA) is 69.9 Å². The van der Waals surface area contributed by atoms with E-state index in [1.54, 1.807) is 54.7 Å². The van der Waals surface area contributed by atoms with Crippen LogP contribution in [0.3, 0.4) is 0 Å². The molecule has 2 aromatic heterocycles. The fraction of sp³-hybridized carbons (Fsp3) is 0.125. The second-order valence-corrected chi connectivity index (χ2v) is 5.58. The summed E-state index contributed by atoms with van der Waals surface area (Å²) in [5, 5.41) is 8.62. The van der Waals surface area contributed by atoms with E-state index in [1.807, 2.05) is 12.1 Å². The number of hydrogen-bond donors (Lipinski definition) is 0. The highest BCUT2D eigenvalue weighted by atomic mass is 32.2. The van der Waals surface area contributed by atoms with Crippen molar-refractivity contribution in [2.24, 2.45) is 0 Å². The number of pyridine rings is 1. The molecule has 0 N–H and O–H groups in total. The van der Waals surface area contributed by atoms with E-state index in [-0.39, 0.29) is 11.5 Å². The van der Waals surface area contributed by atoms with Crippen molar-refractivity contribution in [3.63, 3.8) is 0 Å². The number of carbonyl (C=O) groups is 1. The predicted molar refractivity (Wildman–Crippen MR) is 87.2 cm³/mol. The van der Waals surface area contributed by atoms with Gasteiger partial charge in [0, 0.05) is 11.8 Å². The Balaban J connectivity index is 1.69. The first-order valence-corrected chi connectivity index (χ1v) is 7.87. The zero-order valence-electron chi connectivity index (χ0n) is 12.4. The van der Waals surface area contributed by atoms with E-state index in [4.69, 9.17) is 4.74 Å². The highest BCUT2D eigenvalue weighted by Crippen LogP contribution is 2.20. The maximum atomic E-state index is 12.3. The van der Waals surface area contributed by atoms with Crippen LogP contribution in [0.5, 0.6) is 5.75 Å². The molecule has 0 saturated heterocycles. The van der Waals surface area contributed by atoms with Gasteiger partial charge < -0.3 is 4.74 Å². The first kappa shape index (κ1) is 15.2. The van der Waals surface area contributed by atoms with Crippen LogP contribution in [0.4, 0.5) is 0 Å². The van der Waals surface area contributed by atoms with Crippen molar-refractivity contribution in [2.45, 2.75) is 5.16 Å². The number of hydrogen-bond acceptors (Lipinski definition) is 6. The molecule has 0 fully saturated rings. The molecule has 23 heavy (non-hydrogen) atoms. The molecule has 0 aliphatic rings. The predicted octanol–water partition coefficient (Wildman–Crippen LogP) is 2.65. The summed E-state index contributed by atoms with van der Waals surface area (Å²) >= 11 is 1.34. The quantitative estimate of drug-likeness (QED) is 0.512. The maximum absolute atomic E-state index is 12.3. The van der Waals surface area contributed by atoms with E-state index < -0.39 is 0 Å². The number of aromatic nitrogens is 4. The zero-order valence-corrected chi connectivity index (χ0v) is 13.2. The van der Waals surface area contributed by atoms with E-state index in [0.29, 0.717) is 10.7 Å². The third-order valence-corrected chi connectivity index (χ3v) is 4.13. The van der Waals surface area contributed by atoms with Gasteiger partial charge in [-0.3, -0.25) is 14.3 Å². The van der Waals surface area contributed by atoms with Crippen LogP contribution in [0.1, 0.15) is 10.4 Å². The van der Waals surface area contributed by atoms with Gasteiger partial charge in [-0.05, 0) is 36.4 Å². The molecule has 0 atom stereocenters. The molecule has 0 bridgehead atoms. The second-order valence-electron chi connectivity index (χ2n) is 4.64. The number of nitrogens with zero attached hydrogens (tertiary/aromatic N) is 4. The number of thioether (sulfide) groups is 1. The molecule has 6 nitrogen and oxygen atoms in total. The molecule has 3 aromatic rings. The lowest BCUT2D eigenvalue weighted by Gasteiger charge is -2.05. The Kier molecular flexibility index (Phi) is 4.68. The Morgan fingerprint density at radius 1 is 1.26 bits per heavy atom. The average Bonchev–Trinajstić information content (AvgIpc) is 3.09. The van der Waals surface area contributed by atoms with Gasteiger partial charge in [0.1, 0.15) is 12.1 Å². The van der Waals surface area contributed by atoms with Crippen LogP contribution in [-0.2, 0) is 0 Å². The Bertz CT molecular complexity index is 787. The Labute approximate surface area is 137 Å². The summed E-state index contributed by atoms with van der Waals surface area (Å²) in [6.45, 7) is 0. The number of methoxy groups -OCH3 is 1. The van der Waals surface area contributed by atoms with Gasteiger partial charge in [-0.25, -0.2) is 0 Å². The fourth-order valence-corrected chi connectivity index (χ4v) is 2.81. The molecule has 3 rings (SSSR count). The summed E-state index contributed by atoms with van der Waals surface area (Å²) < 4.78 is 6.89. The van der Waals surface area contributed by atoms with Crippen molar-refractivity contribution in [2.75, 3.05) is 12.9 Å². The van der Waals surface area contributed by atoms with Gasteiger partial charge in [-0.15, -0.1) is 10.2 Å². The van der Waals surface area contributed by atoms with Gasteiger partial charge >= 0.3 is 0 Å².